The van der Waals surface area contributed by atoms with Gasteiger partial charge in [0.25, 0.3) is 0 Å². The van der Waals surface area contributed by atoms with E-state index >= 15 is 0 Å². The summed E-state index contributed by atoms with van der Waals surface area (Å²) in [4.78, 5) is 1.63. The zero-order chi connectivity index (χ0) is 15.5. The number of quaternary nitrogens is 1. The van der Waals surface area contributed by atoms with Crippen LogP contribution in [0.2, 0.25) is 0 Å². The fraction of sp³-hybridized carbons (Fsp3) is 0.529. The second-order valence-corrected chi connectivity index (χ2v) is 6.56. The second-order valence-electron chi connectivity index (χ2n) is 6.20. The molecule has 2 aromatic rings. The highest BCUT2D eigenvalue weighted by atomic mass is 32.1. The Morgan fingerprint density at radius 2 is 2.05 bits per heavy atom. The molecular weight excluding hydrogens is 292 g/mol. The van der Waals surface area contributed by atoms with Crippen LogP contribution in [0.1, 0.15) is 32.6 Å². The van der Waals surface area contributed by atoms with Crippen LogP contribution in [0.25, 0.3) is 11.4 Å². The van der Waals surface area contributed by atoms with Gasteiger partial charge in [-0.2, -0.15) is 4.68 Å². The van der Waals surface area contributed by atoms with E-state index in [2.05, 4.69) is 19.1 Å². The van der Waals surface area contributed by atoms with Crippen LogP contribution in [-0.2, 0) is 13.7 Å². The maximum atomic E-state index is 5.61. The Bertz CT molecular complexity index is 674. The molecule has 118 valence electrons. The number of benzene rings is 1. The molecule has 1 N–H and O–H groups in total. The highest BCUT2D eigenvalue weighted by Gasteiger charge is 2.25. The molecule has 1 fully saturated rings. The monoisotopic (exact) mass is 317 g/mol. The van der Waals surface area contributed by atoms with Crippen molar-refractivity contribution in [2.24, 2.45) is 7.05 Å². The van der Waals surface area contributed by atoms with Crippen molar-refractivity contribution < 1.29 is 4.90 Å². The lowest BCUT2D eigenvalue weighted by atomic mass is 10.0. The van der Waals surface area contributed by atoms with E-state index in [1.54, 1.807) is 4.90 Å². The van der Waals surface area contributed by atoms with E-state index in [0.29, 0.717) is 0 Å². The molecule has 2 atom stereocenters. The lowest BCUT2D eigenvalue weighted by molar-refractivity contribution is -0.953. The number of likely N-dealkylation sites (tertiary alicyclic amines) is 1. The molecule has 2 heterocycles. The van der Waals surface area contributed by atoms with Gasteiger partial charge in [0.15, 0.2) is 12.5 Å². The molecule has 3 rings (SSSR count). The number of nitrogens with zero attached hydrogens (tertiary/aromatic N) is 3. The van der Waals surface area contributed by atoms with Crippen LogP contribution < -0.4 is 4.90 Å². The molecule has 0 spiro atoms. The molecule has 22 heavy (non-hydrogen) atoms. The molecule has 1 aromatic heterocycles. The van der Waals surface area contributed by atoms with Gasteiger partial charge in [-0.15, -0.1) is 5.10 Å². The minimum atomic E-state index is 0.748. The average Bonchev–Trinajstić information content (AvgIpc) is 2.85. The number of hydrogen-bond donors (Lipinski definition) is 1. The number of piperidine rings is 1. The van der Waals surface area contributed by atoms with Gasteiger partial charge in [-0.1, -0.05) is 37.3 Å². The first kappa shape index (κ1) is 15.4. The first-order valence-electron chi connectivity index (χ1n) is 8.24. The predicted molar refractivity (Wildman–Crippen MR) is 91.2 cm³/mol. The van der Waals surface area contributed by atoms with Gasteiger partial charge >= 0.3 is 0 Å². The van der Waals surface area contributed by atoms with Crippen LogP contribution in [-0.4, -0.2) is 26.9 Å². The van der Waals surface area contributed by atoms with Crippen molar-refractivity contribution in [1.82, 2.24) is 14.3 Å². The summed E-state index contributed by atoms with van der Waals surface area (Å²) in [6, 6.07) is 11.0. The first-order chi connectivity index (χ1) is 10.7. The summed E-state index contributed by atoms with van der Waals surface area (Å²) in [5.74, 6) is 0.954. The van der Waals surface area contributed by atoms with Crippen molar-refractivity contribution in [3.8, 4) is 11.4 Å². The molecule has 1 aromatic carbocycles. The Hall–Kier alpha value is -1.46. The maximum Gasteiger partial charge on any atom is 0.202 e. The molecular formula is C17H25N4S+. The molecule has 0 radical (unpaired) electrons. The number of aromatic nitrogens is 3. The maximum absolute atomic E-state index is 5.61. The number of hydrogen-bond acceptors (Lipinski definition) is 2. The van der Waals surface area contributed by atoms with Gasteiger partial charge in [0.1, 0.15) is 0 Å². The van der Waals surface area contributed by atoms with Crippen molar-refractivity contribution in [1.29, 1.82) is 0 Å². The molecule has 1 unspecified atom stereocenters. The van der Waals surface area contributed by atoms with E-state index in [9.17, 15) is 0 Å². The third kappa shape index (κ3) is 3.01. The van der Waals surface area contributed by atoms with Crippen LogP contribution in [0.4, 0.5) is 0 Å². The summed E-state index contributed by atoms with van der Waals surface area (Å²) in [6.07, 6.45) is 5.25. The molecule has 4 nitrogen and oxygen atoms in total. The lowest BCUT2D eigenvalue weighted by Gasteiger charge is -2.31. The quantitative estimate of drug-likeness (QED) is 0.877. The lowest BCUT2D eigenvalue weighted by Crippen LogP contribution is -3.15. The van der Waals surface area contributed by atoms with E-state index in [1.165, 1.54) is 32.2 Å². The largest absolute Gasteiger partial charge is 0.314 e. The van der Waals surface area contributed by atoms with E-state index in [0.717, 1.165) is 28.9 Å². The highest BCUT2D eigenvalue weighted by molar-refractivity contribution is 7.71. The molecule has 0 aliphatic carbocycles. The third-order valence-corrected chi connectivity index (χ3v) is 5.28. The predicted octanol–water partition coefficient (Wildman–Crippen LogP) is 2.42. The Labute approximate surface area is 137 Å². The zero-order valence-electron chi connectivity index (χ0n) is 13.5. The summed E-state index contributed by atoms with van der Waals surface area (Å²) in [5, 5.41) is 4.80. The highest BCUT2D eigenvalue weighted by Crippen LogP contribution is 2.16. The van der Waals surface area contributed by atoms with Crippen LogP contribution in [0.3, 0.4) is 0 Å². The third-order valence-electron chi connectivity index (χ3n) is 4.80. The van der Waals surface area contributed by atoms with Gasteiger partial charge in [-0.25, -0.2) is 0 Å². The van der Waals surface area contributed by atoms with Crippen LogP contribution in [0.15, 0.2) is 30.3 Å². The Kier molecular flexibility index (Phi) is 4.74. The van der Waals surface area contributed by atoms with Gasteiger partial charge in [-0.3, -0.25) is 0 Å². The second kappa shape index (κ2) is 6.75. The minimum absolute atomic E-state index is 0.748. The van der Waals surface area contributed by atoms with Gasteiger partial charge in [-0.05, 0) is 37.9 Å². The Morgan fingerprint density at radius 3 is 2.77 bits per heavy atom. The fourth-order valence-corrected chi connectivity index (χ4v) is 3.67. The zero-order valence-corrected chi connectivity index (χ0v) is 14.3. The average molecular weight is 317 g/mol. The van der Waals surface area contributed by atoms with Crippen LogP contribution in [0, 0.1) is 4.77 Å². The van der Waals surface area contributed by atoms with E-state index in [1.807, 2.05) is 34.5 Å². The summed E-state index contributed by atoms with van der Waals surface area (Å²) in [6.45, 7) is 4.42. The van der Waals surface area contributed by atoms with Crippen molar-refractivity contribution in [2.45, 2.75) is 45.3 Å². The van der Waals surface area contributed by atoms with Gasteiger partial charge < -0.3 is 9.47 Å². The van der Waals surface area contributed by atoms with E-state index in [-0.39, 0.29) is 0 Å². The smallest absolute Gasteiger partial charge is 0.202 e. The number of rotatable bonds is 4. The van der Waals surface area contributed by atoms with Crippen molar-refractivity contribution in [3.05, 3.63) is 35.1 Å². The van der Waals surface area contributed by atoms with Crippen LogP contribution in [0.5, 0.6) is 0 Å². The van der Waals surface area contributed by atoms with E-state index < -0.39 is 0 Å². The Balaban J connectivity index is 1.87. The van der Waals surface area contributed by atoms with Gasteiger partial charge in [0, 0.05) is 12.6 Å². The summed E-state index contributed by atoms with van der Waals surface area (Å²) >= 11 is 5.61. The van der Waals surface area contributed by atoms with Crippen molar-refractivity contribution in [2.75, 3.05) is 6.54 Å². The molecule has 0 bridgehead atoms. The van der Waals surface area contributed by atoms with Gasteiger partial charge in [0.2, 0.25) is 4.77 Å². The van der Waals surface area contributed by atoms with Crippen molar-refractivity contribution >= 4 is 12.2 Å². The molecule has 5 heteroatoms. The molecule has 0 amide bonds. The summed E-state index contributed by atoms with van der Waals surface area (Å²) < 4.78 is 4.85. The fourth-order valence-electron chi connectivity index (χ4n) is 3.47. The van der Waals surface area contributed by atoms with Crippen molar-refractivity contribution in [3.63, 3.8) is 0 Å². The molecule has 0 saturated carbocycles. The normalized spacial score (nSPS) is 21.9. The van der Waals surface area contributed by atoms with Crippen LogP contribution >= 0.6 is 12.2 Å². The van der Waals surface area contributed by atoms with Gasteiger partial charge in [0.05, 0.1) is 12.6 Å². The minimum Gasteiger partial charge on any atom is -0.314 e. The number of nitrogens with one attached hydrogen (secondary N) is 1. The molecule has 1 aliphatic rings. The molecule has 1 aliphatic heterocycles. The Morgan fingerprint density at radius 1 is 1.27 bits per heavy atom. The summed E-state index contributed by atoms with van der Waals surface area (Å²) in [5.41, 5.74) is 1.12. The molecule has 1 saturated heterocycles. The topological polar surface area (TPSA) is 27.2 Å². The summed E-state index contributed by atoms with van der Waals surface area (Å²) in [7, 11) is 2.01. The standard InChI is InChI=1S/C17H24N4S/c1-3-15-11-7-8-12-20(15)13-21-17(22)19(2)16(18-21)14-9-5-4-6-10-14/h4-6,9-10,15H,3,7-8,11-13H2,1-2H3/p+1/t15-/m0/s1. The van der Waals surface area contributed by atoms with E-state index in [4.69, 9.17) is 17.3 Å². The SMILES string of the molecule is CC[C@H]1CCCC[NH+]1Cn1nc(-c2ccccc2)n(C)c1=S. The first-order valence-corrected chi connectivity index (χ1v) is 8.65.